The summed E-state index contributed by atoms with van der Waals surface area (Å²) in [6, 6.07) is 18.5. The summed E-state index contributed by atoms with van der Waals surface area (Å²) >= 11 is 1.52. The molecule has 1 heterocycles. The molecule has 1 N–H and O–H groups in total. The standard InChI is InChI=1S/C21H18N2OS/c1-13-9-14(2)20-18(10-13)25-21(23-20)22-19(24)12-15-7-8-16-5-3-4-6-17(16)11-15/h3-11H,12H2,1-2H3,(H,22,23,24). The zero-order valence-corrected chi connectivity index (χ0v) is 15.0. The summed E-state index contributed by atoms with van der Waals surface area (Å²) in [5.41, 5.74) is 4.32. The first-order valence-electron chi connectivity index (χ1n) is 8.24. The molecule has 0 saturated carbocycles. The molecule has 0 aliphatic heterocycles. The Hall–Kier alpha value is -2.72. The van der Waals surface area contributed by atoms with Gasteiger partial charge in [-0.1, -0.05) is 59.9 Å². The number of anilines is 1. The van der Waals surface area contributed by atoms with Crippen molar-refractivity contribution in [1.29, 1.82) is 0 Å². The highest BCUT2D eigenvalue weighted by Gasteiger charge is 2.11. The Morgan fingerprint density at radius 2 is 1.84 bits per heavy atom. The number of carbonyl (C=O) groups is 1. The number of amides is 1. The number of aromatic nitrogens is 1. The Morgan fingerprint density at radius 1 is 1.04 bits per heavy atom. The fraction of sp³-hybridized carbons (Fsp3) is 0.143. The Bertz CT molecular complexity index is 1100. The second-order valence-electron chi connectivity index (χ2n) is 6.35. The molecule has 0 radical (unpaired) electrons. The normalized spacial score (nSPS) is 11.1. The molecule has 1 amide bonds. The quantitative estimate of drug-likeness (QED) is 0.551. The molecule has 3 nitrogen and oxygen atoms in total. The van der Waals surface area contributed by atoms with Gasteiger partial charge >= 0.3 is 0 Å². The lowest BCUT2D eigenvalue weighted by Crippen LogP contribution is -2.14. The van der Waals surface area contributed by atoms with E-state index in [0.29, 0.717) is 11.6 Å². The number of rotatable bonds is 3. The molecule has 0 bridgehead atoms. The molecular formula is C21H18N2OS. The number of fused-ring (bicyclic) bond motifs is 2. The second-order valence-corrected chi connectivity index (χ2v) is 7.38. The fourth-order valence-corrected chi connectivity index (χ4v) is 4.18. The van der Waals surface area contributed by atoms with Gasteiger partial charge in [0, 0.05) is 0 Å². The summed E-state index contributed by atoms with van der Waals surface area (Å²) in [4.78, 5) is 17.0. The van der Waals surface area contributed by atoms with Crippen molar-refractivity contribution in [2.45, 2.75) is 20.3 Å². The Labute approximate surface area is 150 Å². The van der Waals surface area contributed by atoms with E-state index < -0.39 is 0 Å². The molecule has 124 valence electrons. The zero-order chi connectivity index (χ0) is 17.4. The Morgan fingerprint density at radius 3 is 2.68 bits per heavy atom. The topological polar surface area (TPSA) is 42.0 Å². The highest BCUT2D eigenvalue weighted by atomic mass is 32.1. The number of hydrogen-bond donors (Lipinski definition) is 1. The fourth-order valence-electron chi connectivity index (χ4n) is 3.12. The maximum Gasteiger partial charge on any atom is 0.230 e. The zero-order valence-electron chi connectivity index (χ0n) is 14.2. The predicted octanol–water partition coefficient (Wildman–Crippen LogP) is 5.25. The lowest BCUT2D eigenvalue weighted by atomic mass is 10.1. The number of hydrogen-bond acceptors (Lipinski definition) is 3. The third-order valence-corrected chi connectivity index (χ3v) is 5.17. The average Bonchev–Trinajstić information content (AvgIpc) is 2.97. The van der Waals surface area contributed by atoms with Gasteiger partial charge in [-0.05, 0) is 47.4 Å². The smallest absolute Gasteiger partial charge is 0.230 e. The van der Waals surface area contributed by atoms with Crippen molar-refractivity contribution in [2.75, 3.05) is 5.32 Å². The van der Waals surface area contributed by atoms with Crippen LogP contribution in [0.3, 0.4) is 0 Å². The molecule has 4 heteroatoms. The van der Waals surface area contributed by atoms with Gasteiger partial charge in [0.2, 0.25) is 5.91 Å². The molecule has 0 aliphatic rings. The van der Waals surface area contributed by atoms with E-state index >= 15 is 0 Å². The van der Waals surface area contributed by atoms with E-state index in [9.17, 15) is 4.79 Å². The first-order valence-corrected chi connectivity index (χ1v) is 9.05. The molecule has 0 aliphatic carbocycles. The van der Waals surface area contributed by atoms with Crippen LogP contribution in [0.25, 0.3) is 21.0 Å². The van der Waals surface area contributed by atoms with E-state index in [-0.39, 0.29) is 5.91 Å². The van der Waals surface area contributed by atoms with Crippen molar-refractivity contribution >= 4 is 43.4 Å². The van der Waals surface area contributed by atoms with Gasteiger partial charge in [0.05, 0.1) is 16.6 Å². The molecular weight excluding hydrogens is 328 g/mol. The third-order valence-electron chi connectivity index (χ3n) is 4.25. The molecule has 0 saturated heterocycles. The van der Waals surface area contributed by atoms with E-state index in [1.54, 1.807) is 0 Å². The summed E-state index contributed by atoms with van der Waals surface area (Å²) in [5.74, 6) is -0.0382. The SMILES string of the molecule is Cc1cc(C)c2nc(NC(=O)Cc3ccc4ccccc4c3)sc2c1. The van der Waals surface area contributed by atoms with E-state index in [1.807, 2.05) is 18.2 Å². The van der Waals surface area contributed by atoms with Gasteiger partial charge < -0.3 is 5.32 Å². The van der Waals surface area contributed by atoms with Crippen LogP contribution in [0.2, 0.25) is 0 Å². The van der Waals surface area contributed by atoms with Crippen LogP contribution >= 0.6 is 11.3 Å². The highest BCUT2D eigenvalue weighted by Crippen LogP contribution is 2.29. The van der Waals surface area contributed by atoms with Gasteiger partial charge in [0.25, 0.3) is 0 Å². The monoisotopic (exact) mass is 346 g/mol. The number of aryl methyl sites for hydroxylation is 2. The number of thiazole rings is 1. The van der Waals surface area contributed by atoms with Crippen molar-refractivity contribution in [3.05, 3.63) is 71.3 Å². The molecule has 4 aromatic rings. The largest absolute Gasteiger partial charge is 0.302 e. The van der Waals surface area contributed by atoms with E-state index in [1.165, 1.54) is 22.3 Å². The van der Waals surface area contributed by atoms with Crippen LogP contribution in [-0.2, 0) is 11.2 Å². The molecule has 4 rings (SSSR count). The van der Waals surface area contributed by atoms with E-state index in [4.69, 9.17) is 0 Å². The van der Waals surface area contributed by atoms with Crippen molar-refractivity contribution in [3.63, 3.8) is 0 Å². The summed E-state index contributed by atoms with van der Waals surface area (Å²) in [6.07, 6.45) is 0.346. The lowest BCUT2D eigenvalue weighted by molar-refractivity contribution is -0.115. The van der Waals surface area contributed by atoms with E-state index in [0.717, 1.165) is 26.7 Å². The average molecular weight is 346 g/mol. The van der Waals surface area contributed by atoms with Crippen molar-refractivity contribution in [3.8, 4) is 0 Å². The van der Waals surface area contributed by atoms with Crippen molar-refractivity contribution in [1.82, 2.24) is 4.98 Å². The van der Waals surface area contributed by atoms with Crippen LogP contribution in [0.5, 0.6) is 0 Å². The maximum absolute atomic E-state index is 12.4. The number of benzene rings is 3. The van der Waals surface area contributed by atoms with Crippen molar-refractivity contribution < 1.29 is 4.79 Å². The third kappa shape index (κ3) is 3.26. The minimum atomic E-state index is -0.0382. The second kappa shape index (κ2) is 6.30. The van der Waals surface area contributed by atoms with Gasteiger partial charge in [-0.3, -0.25) is 4.79 Å². The highest BCUT2D eigenvalue weighted by molar-refractivity contribution is 7.22. The first kappa shape index (κ1) is 15.8. The lowest BCUT2D eigenvalue weighted by Gasteiger charge is -2.04. The predicted molar refractivity (Wildman–Crippen MR) is 105 cm³/mol. The maximum atomic E-state index is 12.4. The molecule has 25 heavy (non-hydrogen) atoms. The molecule has 1 aromatic heterocycles. The first-order chi connectivity index (χ1) is 12.1. The van der Waals surface area contributed by atoms with Crippen molar-refractivity contribution in [2.24, 2.45) is 0 Å². The Balaban J connectivity index is 1.54. The van der Waals surface area contributed by atoms with Crippen LogP contribution in [0.1, 0.15) is 16.7 Å². The van der Waals surface area contributed by atoms with E-state index in [2.05, 4.69) is 60.5 Å². The molecule has 0 fully saturated rings. The van der Waals surface area contributed by atoms with Gasteiger partial charge in [-0.25, -0.2) is 4.98 Å². The minimum Gasteiger partial charge on any atom is -0.302 e. The number of nitrogens with zero attached hydrogens (tertiary/aromatic N) is 1. The number of carbonyl (C=O) groups excluding carboxylic acids is 1. The number of nitrogens with one attached hydrogen (secondary N) is 1. The summed E-state index contributed by atoms with van der Waals surface area (Å²) in [7, 11) is 0. The van der Waals surface area contributed by atoms with Gasteiger partial charge in [0.1, 0.15) is 0 Å². The van der Waals surface area contributed by atoms with Crippen LogP contribution in [-0.4, -0.2) is 10.9 Å². The van der Waals surface area contributed by atoms with Gasteiger partial charge in [0.15, 0.2) is 5.13 Å². The van der Waals surface area contributed by atoms with Crippen LogP contribution in [0.15, 0.2) is 54.6 Å². The summed E-state index contributed by atoms with van der Waals surface area (Å²) in [5, 5.41) is 5.94. The Kier molecular flexibility index (Phi) is 3.98. The summed E-state index contributed by atoms with van der Waals surface area (Å²) in [6.45, 7) is 4.12. The molecule has 0 spiro atoms. The van der Waals surface area contributed by atoms with Gasteiger partial charge in [-0.15, -0.1) is 0 Å². The van der Waals surface area contributed by atoms with Crippen LogP contribution < -0.4 is 5.32 Å². The molecule has 3 aromatic carbocycles. The minimum absolute atomic E-state index is 0.0382. The molecule has 0 atom stereocenters. The molecule has 0 unspecified atom stereocenters. The van der Waals surface area contributed by atoms with Crippen LogP contribution in [0.4, 0.5) is 5.13 Å². The van der Waals surface area contributed by atoms with Crippen LogP contribution in [0, 0.1) is 13.8 Å². The summed E-state index contributed by atoms with van der Waals surface area (Å²) < 4.78 is 1.11. The van der Waals surface area contributed by atoms with Gasteiger partial charge in [-0.2, -0.15) is 0 Å².